The average molecular weight is 564 g/mol. The van der Waals surface area contributed by atoms with E-state index in [1.54, 1.807) is 0 Å². The Morgan fingerprint density at radius 2 is 1.56 bits per heavy atom. The van der Waals surface area contributed by atoms with Crippen LogP contribution >= 0.6 is 15.2 Å². The van der Waals surface area contributed by atoms with Crippen molar-refractivity contribution < 1.29 is 68.1 Å². The minimum absolute atomic E-state index is 0.732. The average Bonchev–Trinajstić information content (AvgIpc) is 3.06. The normalized spacial score (nSPS) is 38.4. The first-order valence-corrected chi connectivity index (χ1v) is 13.8. The maximum absolute atomic E-state index is 12.4. The quantitative estimate of drug-likeness (QED) is 0.127. The van der Waals surface area contributed by atoms with E-state index in [4.69, 9.17) is 19.1 Å². The molecule has 0 radical (unpaired) electrons. The molecule has 3 heterocycles. The Kier molecular flexibility index (Phi) is 9.08. The second-order valence-corrected chi connectivity index (χ2v) is 12.2. The van der Waals surface area contributed by atoms with Gasteiger partial charge in [-0.25, -0.2) is 4.79 Å². The largest absolute Gasteiger partial charge is 0.394 e. The van der Waals surface area contributed by atoms with Crippen LogP contribution in [-0.2, 0) is 27.7 Å². The van der Waals surface area contributed by atoms with E-state index >= 15 is 0 Å². The van der Waals surface area contributed by atoms with Crippen molar-refractivity contribution in [3.8, 4) is 0 Å². The van der Waals surface area contributed by atoms with Gasteiger partial charge in [-0.3, -0.25) is 28.0 Å². The lowest BCUT2D eigenvalue weighted by atomic mass is 10.00. The highest BCUT2D eigenvalue weighted by Crippen LogP contribution is 2.59. The van der Waals surface area contributed by atoms with Gasteiger partial charge in [0.15, 0.2) is 18.4 Å². The van der Waals surface area contributed by atoms with E-state index in [1.165, 1.54) is 0 Å². The summed E-state index contributed by atoms with van der Waals surface area (Å²) in [5.41, 5.74) is -1.70. The van der Waals surface area contributed by atoms with Crippen molar-refractivity contribution in [1.29, 1.82) is 0 Å². The van der Waals surface area contributed by atoms with Crippen LogP contribution in [0.3, 0.4) is 0 Å². The number of nitrogens with one attached hydrogen (secondary N) is 1. The minimum atomic E-state index is -5.09. The number of aliphatic hydroxyl groups excluding tert-OH is 6. The molecule has 0 bridgehead atoms. The highest BCUT2D eigenvalue weighted by atomic mass is 31.2. The van der Waals surface area contributed by atoms with Crippen LogP contribution in [0.1, 0.15) is 6.23 Å². The Morgan fingerprint density at radius 1 is 0.917 bits per heavy atom. The van der Waals surface area contributed by atoms with Crippen molar-refractivity contribution in [2.75, 3.05) is 19.1 Å². The Hall–Kier alpha value is -1.34. The first-order chi connectivity index (χ1) is 16.7. The number of ether oxygens (including phenoxy) is 2. The lowest BCUT2D eigenvalue weighted by molar-refractivity contribution is -0.278. The lowest BCUT2D eigenvalue weighted by Gasteiger charge is -2.39. The van der Waals surface area contributed by atoms with E-state index < -0.39 is 101 Å². The highest BCUT2D eigenvalue weighted by molar-refractivity contribution is 7.70. The molecular formula is C16H26N2O16P2. The Morgan fingerprint density at radius 3 is 2.17 bits per heavy atom. The van der Waals surface area contributed by atoms with E-state index in [-0.39, 0.29) is 0 Å². The molecule has 20 heteroatoms. The molecule has 2 aliphatic heterocycles. The van der Waals surface area contributed by atoms with Crippen LogP contribution in [0.25, 0.3) is 0 Å². The van der Waals surface area contributed by atoms with Crippen molar-refractivity contribution >= 4 is 15.2 Å². The van der Waals surface area contributed by atoms with Gasteiger partial charge in [0, 0.05) is 12.3 Å². The van der Waals surface area contributed by atoms with Gasteiger partial charge in [0.25, 0.3) is 5.56 Å². The summed E-state index contributed by atoms with van der Waals surface area (Å²) in [7, 11) is -10.1. The zero-order valence-electron chi connectivity index (χ0n) is 18.2. The molecule has 206 valence electrons. The monoisotopic (exact) mass is 564 g/mol. The molecule has 18 nitrogen and oxygen atoms in total. The molecule has 0 aliphatic carbocycles. The third-order valence-corrected chi connectivity index (χ3v) is 9.33. The second-order valence-electron chi connectivity index (χ2n) is 8.08. The summed E-state index contributed by atoms with van der Waals surface area (Å²) in [6.07, 6.45) is -14.8. The third kappa shape index (κ3) is 6.56. The number of H-pyrrole nitrogens is 1. The maximum atomic E-state index is 12.4. The summed E-state index contributed by atoms with van der Waals surface area (Å²) < 4.78 is 45.1. The lowest BCUT2D eigenvalue weighted by Crippen LogP contribution is -2.58. The summed E-state index contributed by atoms with van der Waals surface area (Å²) in [6, 6.07) is 0.948. The van der Waals surface area contributed by atoms with Crippen molar-refractivity contribution in [1.82, 2.24) is 9.55 Å². The molecule has 0 amide bonds. The number of hydrogen-bond donors (Lipinski definition) is 9. The van der Waals surface area contributed by atoms with E-state index in [1.807, 2.05) is 4.98 Å². The van der Waals surface area contributed by atoms with Gasteiger partial charge in [-0.15, -0.1) is 0 Å². The van der Waals surface area contributed by atoms with Gasteiger partial charge in [-0.05, 0) is 0 Å². The zero-order chi connectivity index (χ0) is 27.0. The molecule has 11 atom stereocenters. The Bertz CT molecular complexity index is 1120. The molecule has 1 aromatic heterocycles. The van der Waals surface area contributed by atoms with Crippen LogP contribution in [0.2, 0.25) is 0 Å². The first kappa shape index (κ1) is 29.2. The first-order valence-electron chi connectivity index (χ1n) is 10.3. The van der Waals surface area contributed by atoms with Gasteiger partial charge in [0.2, 0.25) is 0 Å². The summed E-state index contributed by atoms with van der Waals surface area (Å²) in [6.45, 7) is -1.76. The molecule has 0 saturated carbocycles. The van der Waals surface area contributed by atoms with Crippen LogP contribution < -0.4 is 11.2 Å². The smallest absolute Gasteiger partial charge is 0.342 e. The van der Waals surface area contributed by atoms with E-state index in [2.05, 4.69) is 4.52 Å². The maximum Gasteiger partial charge on any atom is 0.342 e. The molecule has 9 N–H and O–H groups in total. The molecule has 3 unspecified atom stereocenters. The number of aromatic amines is 1. The molecule has 3 rings (SSSR count). The fourth-order valence-corrected chi connectivity index (χ4v) is 6.81. The van der Waals surface area contributed by atoms with Crippen molar-refractivity contribution in [2.24, 2.45) is 0 Å². The van der Waals surface area contributed by atoms with Crippen LogP contribution in [0.15, 0.2) is 21.9 Å². The summed E-state index contributed by atoms with van der Waals surface area (Å²) in [4.78, 5) is 45.0. The van der Waals surface area contributed by atoms with Gasteiger partial charge in [-0.1, -0.05) is 0 Å². The van der Waals surface area contributed by atoms with Crippen LogP contribution in [0.4, 0.5) is 0 Å². The molecule has 2 fully saturated rings. The van der Waals surface area contributed by atoms with Crippen molar-refractivity contribution in [3.63, 3.8) is 0 Å². The fourth-order valence-electron chi connectivity index (χ4n) is 3.53. The highest BCUT2D eigenvalue weighted by Gasteiger charge is 2.49. The molecular weight excluding hydrogens is 538 g/mol. The second kappa shape index (κ2) is 11.2. The summed E-state index contributed by atoms with van der Waals surface area (Å²) in [5.74, 6) is -1.55. The number of aliphatic hydroxyl groups is 6. The fraction of sp³-hybridized carbons (Fsp3) is 0.750. The molecule has 36 heavy (non-hydrogen) atoms. The predicted molar refractivity (Wildman–Crippen MR) is 113 cm³/mol. The van der Waals surface area contributed by atoms with Crippen molar-refractivity contribution in [3.05, 3.63) is 33.1 Å². The van der Waals surface area contributed by atoms with Gasteiger partial charge in [0.05, 0.1) is 13.2 Å². The standard InChI is InChI=1S/C16H26N2O16P2/c19-3-6-9(21)11(23)13(25)15(33-6)34-36(29,30)5-35(27,28)31-4-7-10(22)12(24)14(32-7)18-2-1-8(20)17-16(18)26/h1-2,6-7,9-15,19,21-25H,3-5H2,(H,27,28)(H,29,30)(H,17,20,26)/t6-,7-,9-,10-,11+,12-,13-,14?,15-/m1/s1. The molecule has 0 spiro atoms. The summed E-state index contributed by atoms with van der Waals surface area (Å²) in [5, 5.41) is 58.8. The Labute approximate surface area is 201 Å². The minimum Gasteiger partial charge on any atom is -0.394 e. The summed E-state index contributed by atoms with van der Waals surface area (Å²) >= 11 is 0. The van der Waals surface area contributed by atoms with Crippen molar-refractivity contribution in [2.45, 2.75) is 55.2 Å². The van der Waals surface area contributed by atoms with Crippen LogP contribution in [0.5, 0.6) is 0 Å². The van der Waals surface area contributed by atoms with Gasteiger partial charge >= 0.3 is 20.9 Å². The number of rotatable bonds is 9. The SMILES string of the molecule is O=c1ccn(C2O[C@H](COP(=O)(O)CP(=O)(O)O[C@H]3O[C@H](CO)[C@@H](O)[C@H](O)[C@H]3O)[C@@H](O)[C@H]2O)c(=O)[nH]1. The zero-order valence-corrected chi connectivity index (χ0v) is 19.9. The van der Waals surface area contributed by atoms with Crippen LogP contribution in [0, 0.1) is 0 Å². The third-order valence-electron chi connectivity index (χ3n) is 5.38. The van der Waals surface area contributed by atoms with E-state index in [0.717, 1.165) is 16.8 Å². The van der Waals surface area contributed by atoms with E-state index in [9.17, 15) is 54.0 Å². The molecule has 0 aromatic carbocycles. The van der Waals surface area contributed by atoms with Crippen LogP contribution in [-0.4, -0.2) is 118 Å². The predicted octanol–water partition coefficient (Wildman–Crippen LogP) is -4.68. The van der Waals surface area contributed by atoms with Gasteiger partial charge in [-0.2, -0.15) is 0 Å². The number of hydrogen-bond acceptors (Lipinski definition) is 14. The molecule has 2 saturated heterocycles. The van der Waals surface area contributed by atoms with Gasteiger partial charge < -0.3 is 54.4 Å². The van der Waals surface area contributed by atoms with E-state index in [0.29, 0.717) is 0 Å². The van der Waals surface area contributed by atoms with Gasteiger partial charge in [0.1, 0.15) is 42.7 Å². The molecule has 1 aromatic rings. The Balaban J connectivity index is 1.61. The molecule has 2 aliphatic rings. The number of aromatic nitrogens is 2. The number of nitrogens with zero attached hydrogens (tertiary/aromatic N) is 1. The topological polar surface area (TPSA) is 288 Å².